The van der Waals surface area contributed by atoms with E-state index >= 15 is 0 Å². The second-order valence-corrected chi connectivity index (χ2v) is 3.17. The fourth-order valence-electron chi connectivity index (χ4n) is 1.73. The van der Waals surface area contributed by atoms with E-state index in [1.54, 1.807) is 0 Å². The minimum absolute atomic E-state index is 0.803. The first-order valence-corrected chi connectivity index (χ1v) is 4.37. The van der Waals surface area contributed by atoms with Crippen LogP contribution in [0, 0.1) is 0 Å². The van der Waals surface area contributed by atoms with Crippen molar-refractivity contribution in [1.29, 1.82) is 0 Å². The Balaban J connectivity index is 2.46. The Morgan fingerprint density at radius 3 is 2.92 bits per heavy atom. The summed E-state index contributed by atoms with van der Waals surface area (Å²) in [5.74, 6) is 0. The summed E-state index contributed by atoms with van der Waals surface area (Å²) >= 11 is 0. The maximum absolute atomic E-state index is 8.71. The van der Waals surface area contributed by atoms with Gasteiger partial charge in [-0.25, -0.2) is 0 Å². The van der Waals surface area contributed by atoms with Gasteiger partial charge < -0.3 is 10.5 Å². The van der Waals surface area contributed by atoms with E-state index < -0.39 is 0 Å². The van der Waals surface area contributed by atoms with Crippen molar-refractivity contribution in [2.24, 2.45) is 5.16 Å². The molecule has 0 aromatic heterocycles. The summed E-state index contributed by atoms with van der Waals surface area (Å²) < 4.78 is 0. The number of fused-ring (bicyclic) bond motifs is 1. The molecule has 0 atom stereocenters. The van der Waals surface area contributed by atoms with E-state index in [-0.39, 0.29) is 0 Å². The van der Waals surface area contributed by atoms with E-state index in [0.717, 1.165) is 29.8 Å². The van der Waals surface area contributed by atoms with Gasteiger partial charge in [-0.15, -0.1) is 0 Å². The molecule has 0 fully saturated rings. The van der Waals surface area contributed by atoms with Crippen molar-refractivity contribution < 1.29 is 5.21 Å². The molecule has 0 unspecified atom stereocenters. The van der Waals surface area contributed by atoms with Gasteiger partial charge in [0.1, 0.15) is 0 Å². The van der Waals surface area contributed by atoms with E-state index in [2.05, 4.69) is 16.5 Å². The third-order valence-electron chi connectivity index (χ3n) is 2.46. The van der Waals surface area contributed by atoms with Crippen LogP contribution in [0.2, 0.25) is 0 Å². The fourth-order valence-corrected chi connectivity index (χ4v) is 1.73. The molecule has 0 aliphatic heterocycles. The summed E-state index contributed by atoms with van der Waals surface area (Å²) in [6.45, 7) is 0. The Hall–Kier alpha value is -1.51. The van der Waals surface area contributed by atoms with Crippen molar-refractivity contribution in [3.63, 3.8) is 0 Å². The number of rotatable bonds is 1. The average molecular weight is 176 g/mol. The Morgan fingerprint density at radius 1 is 1.38 bits per heavy atom. The highest BCUT2D eigenvalue weighted by atomic mass is 16.4. The summed E-state index contributed by atoms with van der Waals surface area (Å²) in [5.41, 5.74) is 4.26. The fraction of sp³-hybridized carbons (Fsp3) is 0.300. The molecule has 1 aromatic rings. The normalized spacial score (nSPS) is 17.5. The number of nitrogens with zero attached hydrogens (tertiary/aromatic N) is 1. The molecule has 0 heterocycles. The average Bonchev–Trinajstić information content (AvgIpc) is 2.59. The first-order chi connectivity index (χ1) is 6.35. The van der Waals surface area contributed by atoms with Crippen LogP contribution in [0.25, 0.3) is 0 Å². The third-order valence-corrected chi connectivity index (χ3v) is 2.46. The largest absolute Gasteiger partial charge is 0.411 e. The van der Waals surface area contributed by atoms with Gasteiger partial charge in [0, 0.05) is 18.3 Å². The van der Waals surface area contributed by atoms with E-state index in [0.29, 0.717) is 0 Å². The second-order valence-electron chi connectivity index (χ2n) is 3.17. The van der Waals surface area contributed by atoms with Crippen LogP contribution in [0.3, 0.4) is 0 Å². The number of oxime groups is 1. The smallest absolute Gasteiger partial charge is 0.0873 e. The van der Waals surface area contributed by atoms with Crippen LogP contribution < -0.4 is 5.32 Å². The van der Waals surface area contributed by atoms with Gasteiger partial charge in [-0.3, -0.25) is 0 Å². The van der Waals surface area contributed by atoms with Crippen LogP contribution in [0.4, 0.5) is 5.69 Å². The van der Waals surface area contributed by atoms with Crippen LogP contribution in [0.15, 0.2) is 23.4 Å². The molecule has 13 heavy (non-hydrogen) atoms. The summed E-state index contributed by atoms with van der Waals surface area (Å²) in [6.07, 6.45) is 1.82. The summed E-state index contributed by atoms with van der Waals surface area (Å²) in [7, 11) is 1.90. The number of aryl methyl sites for hydroxylation is 1. The molecule has 68 valence electrons. The Kier molecular flexibility index (Phi) is 1.93. The van der Waals surface area contributed by atoms with Crippen LogP contribution in [-0.4, -0.2) is 18.0 Å². The SMILES string of the molecule is CNc1ccc2c(c1)CC/C2=N/O. The van der Waals surface area contributed by atoms with Crippen LogP contribution >= 0.6 is 0 Å². The third kappa shape index (κ3) is 1.26. The van der Waals surface area contributed by atoms with Crippen LogP contribution in [-0.2, 0) is 6.42 Å². The minimum atomic E-state index is 0.803. The quantitative estimate of drug-likeness (QED) is 0.506. The van der Waals surface area contributed by atoms with Gasteiger partial charge in [0.25, 0.3) is 0 Å². The maximum Gasteiger partial charge on any atom is 0.0873 e. The highest BCUT2D eigenvalue weighted by molar-refractivity contribution is 6.04. The zero-order valence-electron chi connectivity index (χ0n) is 7.54. The molecule has 2 N–H and O–H groups in total. The molecule has 0 spiro atoms. The predicted octanol–water partition coefficient (Wildman–Crippen LogP) is 1.85. The molecule has 0 amide bonds. The molecule has 2 rings (SSSR count). The minimum Gasteiger partial charge on any atom is -0.411 e. The lowest BCUT2D eigenvalue weighted by Crippen LogP contribution is -1.95. The molecular weight excluding hydrogens is 164 g/mol. The first kappa shape index (κ1) is 8.10. The Bertz CT molecular complexity index is 358. The van der Waals surface area contributed by atoms with Gasteiger partial charge in [0.2, 0.25) is 0 Å². The van der Waals surface area contributed by atoms with Gasteiger partial charge in [0.05, 0.1) is 5.71 Å². The number of hydrogen-bond donors (Lipinski definition) is 2. The van der Waals surface area contributed by atoms with Crippen molar-refractivity contribution in [1.82, 2.24) is 0 Å². The van der Waals surface area contributed by atoms with Crippen molar-refractivity contribution in [2.75, 3.05) is 12.4 Å². The molecule has 0 saturated carbocycles. The van der Waals surface area contributed by atoms with Gasteiger partial charge in [-0.2, -0.15) is 0 Å². The lowest BCUT2D eigenvalue weighted by atomic mass is 10.1. The van der Waals surface area contributed by atoms with E-state index in [1.807, 2.05) is 19.2 Å². The van der Waals surface area contributed by atoms with Gasteiger partial charge in [-0.1, -0.05) is 11.2 Å². The number of hydrogen-bond acceptors (Lipinski definition) is 3. The van der Waals surface area contributed by atoms with E-state index in [1.165, 1.54) is 5.56 Å². The van der Waals surface area contributed by atoms with Gasteiger partial charge >= 0.3 is 0 Å². The molecule has 0 radical (unpaired) electrons. The molecule has 0 saturated heterocycles. The first-order valence-electron chi connectivity index (χ1n) is 4.37. The van der Waals surface area contributed by atoms with E-state index in [9.17, 15) is 0 Å². The molecule has 0 bridgehead atoms. The second kappa shape index (κ2) is 3.09. The summed E-state index contributed by atoms with van der Waals surface area (Å²) in [6, 6.07) is 6.10. The Labute approximate surface area is 77.1 Å². The number of benzene rings is 1. The summed E-state index contributed by atoms with van der Waals surface area (Å²) in [5, 5.41) is 15.1. The predicted molar refractivity (Wildman–Crippen MR) is 52.6 cm³/mol. The van der Waals surface area contributed by atoms with Crippen LogP contribution in [0.5, 0.6) is 0 Å². The lowest BCUT2D eigenvalue weighted by molar-refractivity contribution is 0.318. The molecule has 3 nitrogen and oxygen atoms in total. The monoisotopic (exact) mass is 176 g/mol. The van der Waals surface area contributed by atoms with E-state index in [4.69, 9.17) is 5.21 Å². The molecule has 1 aliphatic rings. The standard InChI is InChI=1S/C10H12N2O/c1-11-8-3-4-9-7(6-8)2-5-10(9)12-13/h3-4,6,11,13H,2,5H2,1H3/b12-10-. The highest BCUT2D eigenvalue weighted by Crippen LogP contribution is 2.25. The number of anilines is 1. The topological polar surface area (TPSA) is 44.6 Å². The van der Waals surface area contributed by atoms with Gasteiger partial charge in [0.15, 0.2) is 0 Å². The molecular formula is C10H12N2O. The Morgan fingerprint density at radius 2 is 2.23 bits per heavy atom. The highest BCUT2D eigenvalue weighted by Gasteiger charge is 2.17. The maximum atomic E-state index is 8.71. The molecule has 3 heteroatoms. The zero-order chi connectivity index (χ0) is 9.26. The molecule has 1 aromatic carbocycles. The van der Waals surface area contributed by atoms with Crippen molar-refractivity contribution in [3.8, 4) is 0 Å². The van der Waals surface area contributed by atoms with Gasteiger partial charge in [-0.05, 0) is 30.5 Å². The van der Waals surface area contributed by atoms with Crippen molar-refractivity contribution in [2.45, 2.75) is 12.8 Å². The number of nitrogens with one attached hydrogen (secondary N) is 1. The van der Waals surface area contributed by atoms with Crippen LogP contribution in [0.1, 0.15) is 17.5 Å². The zero-order valence-corrected chi connectivity index (χ0v) is 7.54. The van der Waals surface area contributed by atoms with Crippen molar-refractivity contribution >= 4 is 11.4 Å². The van der Waals surface area contributed by atoms with Crippen molar-refractivity contribution in [3.05, 3.63) is 29.3 Å². The molecule has 1 aliphatic carbocycles. The lowest BCUT2D eigenvalue weighted by Gasteiger charge is -2.02. The summed E-state index contributed by atoms with van der Waals surface area (Å²) in [4.78, 5) is 0.